The van der Waals surface area contributed by atoms with E-state index in [0.29, 0.717) is 0 Å². The first kappa shape index (κ1) is 16.2. The molecular weight excluding hydrogens is 242 g/mol. The second kappa shape index (κ2) is 6.83. The molecule has 7 heteroatoms. The van der Waals surface area contributed by atoms with Gasteiger partial charge in [-0.25, -0.2) is 4.79 Å². The fraction of sp³-hybridized carbons (Fsp3) is 0.727. The lowest BCUT2D eigenvalue weighted by Gasteiger charge is -2.22. The second-order valence-electron chi connectivity index (χ2n) is 4.72. The van der Waals surface area contributed by atoms with E-state index < -0.39 is 29.7 Å². The Morgan fingerprint density at radius 2 is 1.78 bits per heavy atom. The molecule has 7 nitrogen and oxygen atoms in total. The molecule has 0 spiro atoms. The number of carboxylic acids is 1. The van der Waals surface area contributed by atoms with Gasteiger partial charge in [0.05, 0.1) is 26.0 Å². The summed E-state index contributed by atoms with van der Waals surface area (Å²) in [5.74, 6) is -1.72. The molecule has 0 rings (SSSR count). The second-order valence-corrected chi connectivity index (χ2v) is 4.72. The van der Waals surface area contributed by atoms with Gasteiger partial charge in [-0.05, 0) is 20.8 Å². The molecule has 0 bridgehead atoms. The van der Waals surface area contributed by atoms with Crippen LogP contribution in [0.25, 0.3) is 0 Å². The number of hydrogen-bond acceptors (Lipinski definition) is 5. The molecular formula is C11H19NO6. The molecule has 0 aliphatic heterocycles. The van der Waals surface area contributed by atoms with Crippen molar-refractivity contribution in [2.45, 2.75) is 45.3 Å². The Labute approximate surface area is 105 Å². The van der Waals surface area contributed by atoms with E-state index in [9.17, 15) is 14.4 Å². The van der Waals surface area contributed by atoms with E-state index in [4.69, 9.17) is 9.84 Å². The van der Waals surface area contributed by atoms with E-state index in [2.05, 4.69) is 10.1 Å². The van der Waals surface area contributed by atoms with Gasteiger partial charge in [-0.1, -0.05) is 0 Å². The topological polar surface area (TPSA) is 102 Å². The number of hydrogen-bond donors (Lipinski definition) is 2. The molecule has 0 aromatic carbocycles. The Kier molecular flexibility index (Phi) is 6.15. The Bertz CT molecular complexity index is 320. The third-order valence-electron chi connectivity index (χ3n) is 1.78. The van der Waals surface area contributed by atoms with Crippen LogP contribution >= 0.6 is 0 Å². The summed E-state index contributed by atoms with van der Waals surface area (Å²) >= 11 is 0. The highest BCUT2D eigenvalue weighted by molar-refractivity contribution is 5.75. The van der Waals surface area contributed by atoms with Crippen molar-refractivity contribution in [3.8, 4) is 0 Å². The SMILES string of the molecule is COC(=O)CC(CC(=O)O)NC(=O)OC(C)(C)C. The lowest BCUT2D eigenvalue weighted by atomic mass is 10.1. The van der Waals surface area contributed by atoms with Crippen LogP contribution in [0, 0.1) is 0 Å². The molecule has 0 aliphatic carbocycles. The van der Waals surface area contributed by atoms with Gasteiger partial charge in [0.2, 0.25) is 0 Å². The number of rotatable bonds is 5. The Morgan fingerprint density at radius 3 is 2.17 bits per heavy atom. The predicted octanol–water partition coefficient (Wildman–Crippen LogP) is 0.917. The summed E-state index contributed by atoms with van der Waals surface area (Å²) in [5.41, 5.74) is -0.691. The molecule has 0 saturated carbocycles. The average molecular weight is 261 g/mol. The first-order valence-corrected chi connectivity index (χ1v) is 5.42. The third kappa shape index (κ3) is 8.37. The minimum atomic E-state index is -1.13. The molecule has 0 aromatic heterocycles. The minimum absolute atomic E-state index is 0.220. The fourth-order valence-corrected chi connectivity index (χ4v) is 1.14. The zero-order valence-electron chi connectivity index (χ0n) is 11.0. The van der Waals surface area contributed by atoms with Gasteiger partial charge in [0, 0.05) is 0 Å². The van der Waals surface area contributed by atoms with Crippen LogP contribution in [0.3, 0.4) is 0 Å². The molecule has 0 aliphatic rings. The van der Waals surface area contributed by atoms with Crippen LogP contribution in [0.5, 0.6) is 0 Å². The molecule has 0 saturated heterocycles. The standard InChI is InChI=1S/C11H19NO6/c1-11(2,3)18-10(16)12-7(5-8(13)14)6-9(15)17-4/h7H,5-6H2,1-4H3,(H,12,16)(H,13,14). The van der Waals surface area contributed by atoms with Crippen LogP contribution in [-0.2, 0) is 19.1 Å². The molecule has 0 heterocycles. The summed E-state index contributed by atoms with van der Waals surface area (Å²) in [7, 11) is 1.19. The first-order chi connectivity index (χ1) is 8.14. The van der Waals surface area contributed by atoms with Gasteiger partial charge in [0.1, 0.15) is 5.60 Å². The maximum Gasteiger partial charge on any atom is 0.407 e. The van der Waals surface area contributed by atoms with Gasteiger partial charge in [0.25, 0.3) is 0 Å². The van der Waals surface area contributed by atoms with Gasteiger partial charge >= 0.3 is 18.0 Å². The summed E-state index contributed by atoms with van der Waals surface area (Å²) < 4.78 is 9.39. The maximum atomic E-state index is 11.4. The Morgan fingerprint density at radius 1 is 1.22 bits per heavy atom. The number of carbonyl (C=O) groups excluding carboxylic acids is 2. The number of carboxylic acid groups (broad SMARTS) is 1. The highest BCUT2D eigenvalue weighted by Gasteiger charge is 2.23. The van der Waals surface area contributed by atoms with Gasteiger partial charge in [-0.3, -0.25) is 9.59 Å². The van der Waals surface area contributed by atoms with Gasteiger partial charge in [0.15, 0.2) is 0 Å². The molecule has 18 heavy (non-hydrogen) atoms. The molecule has 0 radical (unpaired) electrons. The van der Waals surface area contributed by atoms with Gasteiger partial charge in [-0.2, -0.15) is 0 Å². The predicted molar refractivity (Wildman–Crippen MR) is 62.0 cm³/mol. The third-order valence-corrected chi connectivity index (χ3v) is 1.78. The van der Waals surface area contributed by atoms with E-state index >= 15 is 0 Å². The van der Waals surface area contributed by atoms with E-state index in [1.807, 2.05) is 0 Å². The van der Waals surface area contributed by atoms with Crippen molar-refractivity contribution in [1.82, 2.24) is 5.32 Å². The molecule has 0 fully saturated rings. The van der Waals surface area contributed by atoms with Gasteiger partial charge < -0.3 is 19.9 Å². The first-order valence-electron chi connectivity index (χ1n) is 5.42. The summed E-state index contributed by atoms with van der Waals surface area (Å²) in [4.78, 5) is 33.1. The van der Waals surface area contributed by atoms with Crippen molar-refractivity contribution < 1.29 is 29.0 Å². The quantitative estimate of drug-likeness (QED) is 0.713. The zero-order valence-corrected chi connectivity index (χ0v) is 11.0. The van der Waals surface area contributed by atoms with E-state index in [1.54, 1.807) is 20.8 Å². The molecule has 104 valence electrons. The Hall–Kier alpha value is -1.79. The molecule has 2 N–H and O–H groups in total. The maximum absolute atomic E-state index is 11.4. The number of esters is 1. The van der Waals surface area contributed by atoms with E-state index in [0.717, 1.165) is 0 Å². The number of amides is 1. The largest absolute Gasteiger partial charge is 0.481 e. The summed E-state index contributed by atoms with van der Waals surface area (Å²) in [6.45, 7) is 5.04. The van der Waals surface area contributed by atoms with Crippen molar-refractivity contribution >= 4 is 18.0 Å². The molecule has 0 aromatic rings. The van der Waals surface area contributed by atoms with Crippen LogP contribution in [0.1, 0.15) is 33.6 Å². The lowest BCUT2D eigenvalue weighted by Crippen LogP contribution is -2.41. The highest BCUT2D eigenvalue weighted by Crippen LogP contribution is 2.08. The zero-order chi connectivity index (χ0) is 14.3. The van der Waals surface area contributed by atoms with Crippen molar-refractivity contribution in [1.29, 1.82) is 0 Å². The fourth-order valence-electron chi connectivity index (χ4n) is 1.14. The number of carbonyl (C=O) groups is 3. The number of ether oxygens (including phenoxy) is 2. The van der Waals surface area contributed by atoms with Crippen LogP contribution < -0.4 is 5.32 Å². The van der Waals surface area contributed by atoms with Crippen molar-refractivity contribution in [2.24, 2.45) is 0 Å². The van der Waals surface area contributed by atoms with Crippen LogP contribution in [-0.4, -0.2) is 41.9 Å². The van der Waals surface area contributed by atoms with Crippen LogP contribution in [0.15, 0.2) is 0 Å². The average Bonchev–Trinajstić information content (AvgIpc) is 2.12. The molecule has 1 amide bonds. The smallest absolute Gasteiger partial charge is 0.407 e. The van der Waals surface area contributed by atoms with Crippen LogP contribution in [0.2, 0.25) is 0 Å². The lowest BCUT2D eigenvalue weighted by molar-refractivity contribution is -0.142. The molecule has 1 atom stereocenters. The number of nitrogens with one attached hydrogen (secondary N) is 1. The summed E-state index contributed by atoms with van der Waals surface area (Å²) in [6.07, 6.45) is -1.37. The van der Waals surface area contributed by atoms with E-state index in [1.165, 1.54) is 7.11 Å². The number of alkyl carbamates (subject to hydrolysis) is 1. The highest BCUT2D eigenvalue weighted by atomic mass is 16.6. The number of aliphatic carboxylic acids is 1. The van der Waals surface area contributed by atoms with Crippen molar-refractivity contribution in [3.05, 3.63) is 0 Å². The normalized spacial score (nSPS) is 12.4. The van der Waals surface area contributed by atoms with Crippen LogP contribution in [0.4, 0.5) is 4.79 Å². The minimum Gasteiger partial charge on any atom is -0.481 e. The summed E-state index contributed by atoms with van der Waals surface area (Å²) in [6, 6.07) is -0.857. The van der Waals surface area contributed by atoms with Crippen molar-refractivity contribution in [2.75, 3.05) is 7.11 Å². The summed E-state index contributed by atoms with van der Waals surface area (Å²) in [5, 5.41) is 11.0. The van der Waals surface area contributed by atoms with Crippen molar-refractivity contribution in [3.63, 3.8) is 0 Å². The van der Waals surface area contributed by atoms with E-state index in [-0.39, 0.29) is 12.8 Å². The Balaban J connectivity index is 4.44. The number of methoxy groups -OCH3 is 1. The van der Waals surface area contributed by atoms with Gasteiger partial charge in [-0.15, -0.1) is 0 Å². The monoisotopic (exact) mass is 261 g/mol. The molecule has 1 unspecified atom stereocenters.